The summed E-state index contributed by atoms with van der Waals surface area (Å²) >= 11 is 3.55. The largest absolute Gasteiger partial charge is 0.389 e. The minimum absolute atomic E-state index is 0.465. The Hall–Kier alpha value is -1.32. The number of hydrogen-bond acceptors (Lipinski definition) is 2. The zero-order valence-corrected chi connectivity index (χ0v) is 13.7. The SMILES string of the molecule is CCN(c1cccc(C)c1)c1ccc(C(C)O)c(Br)c1. The summed E-state index contributed by atoms with van der Waals surface area (Å²) in [7, 11) is 0. The van der Waals surface area contributed by atoms with Gasteiger partial charge in [-0.3, -0.25) is 0 Å². The molecule has 1 atom stereocenters. The third kappa shape index (κ3) is 3.22. The van der Waals surface area contributed by atoms with Crippen LogP contribution in [0.1, 0.15) is 31.1 Å². The molecule has 0 aliphatic carbocycles. The molecule has 20 heavy (non-hydrogen) atoms. The van der Waals surface area contributed by atoms with Crippen LogP contribution < -0.4 is 4.90 Å². The number of nitrogens with zero attached hydrogens (tertiary/aromatic N) is 1. The van der Waals surface area contributed by atoms with Gasteiger partial charge in [-0.1, -0.05) is 34.1 Å². The smallest absolute Gasteiger partial charge is 0.0772 e. The van der Waals surface area contributed by atoms with E-state index in [-0.39, 0.29) is 0 Å². The van der Waals surface area contributed by atoms with Crippen LogP contribution in [0.15, 0.2) is 46.9 Å². The second kappa shape index (κ2) is 6.42. The Morgan fingerprint density at radius 1 is 1.15 bits per heavy atom. The molecule has 2 nitrogen and oxygen atoms in total. The molecule has 2 rings (SSSR count). The molecule has 0 aliphatic heterocycles. The van der Waals surface area contributed by atoms with Crippen molar-refractivity contribution in [3.8, 4) is 0 Å². The molecule has 3 heteroatoms. The molecule has 0 fully saturated rings. The molecule has 2 aromatic rings. The average molecular weight is 334 g/mol. The Labute approximate surface area is 129 Å². The van der Waals surface area contributed by atoms with Crippen molar-refractivity contribution in [3.63, 3.8) is 0 Å². The number of hydrogen-bond donors (Lipinski definition) is 1. The summed E-state index contributed by atoms with van der Waals surface area (Å²) in [6.07, 6.45) is -0.465. The van der Waals surface area contributed by atoms with E-state index in [1.54, 1.807) is 6.92 Å². The van der Waals surface area contributed by atoms with Crippen LogP contribution in [-0.4, -0.2) is 11.7 Å². The maximum atomic E-state index is 9.70. The average Bonchev–Trinajstić information content (AvgIpc) is 2.39. The van der Waals surface area contributed by atoms with Crippen LogP contribution in [0, 0.1) is 6.92 Å². The van der Waals surface area contributed by atoms with Gasteiger partial charge in [0.1, 0.15) is 0 Å². The number of aliphatic hydroxyl groups is 1. The van der Waals surface area contributed by atoms with Crippen LogP contribution in [0.25, 0.3) is 0 Å². The zero-order valence-electron chi connectivity index (χ0n) is 12.1. The summed E-state index contributed by atoms with van der Waals surface area (Å²) in [6.45, 7) is 6.91. The maximum Gasteiger partial charge on any atom is 0.0772 e. The molecule has 0 heterocycles. The number of rotatable bonds is 4. The van der Waals surface area contributed by atoms with E-state index >= 15 is 0 Å². The van der Waals surface area contributed by atoms with E-state index in [9.17, 15) is 5.11 Å². The molecule has 0 amide bonds. The highest BCUT2D eigenvalue weighted by molar-refractivity contribution is 9.10. The van der Waals surface area contributed by atoms with E-state index in [1.165, 1.54) is 11.3 Å². The lowest BCUT2D eigenvalue weighted by Gasteiger charge is -2.24. The van der Waals surface area contributed by atoms with Crippen molar-refractivity contribution in [1.82, 2.24) is 0 Å². The summed E-state index contributed by atoms with van der Waals surface area (Å²) in [5, 5.41) is 9.70. The molecule has 0 saturated heterocycles. The molecule has 2 aromatic carbocycles. The minimum Gasteiger partial charge on any atom is -0.389 e. The van der Waals surface area contributed by atoms with E-state index in [0.717, 1.165) is 22.3 Å². The van der Waals surface area contributed by atoms with Crippen molar-refractivity contribution in [2.24, 2.45) is 0 Å². The lowest BCUT2D eigenvalue weighted by molar-refractivity contribution is 0.198. The second-order valence-corrected chi connectivity index (χ2v) is 5.82. The highest BCUT2D eigenvalue weighted by Crippen LogP contribution is 2.32. The first kappa shape index (κ1) is 15.1. The molecule has 0 bridgehead atoms. The number of halogens is 1. The number of benzene rings is 2. The van der Waals surface area contributed by atoms with E-state index in [2.05, 4.69) is 71.1 Å². The van der Waals surface area contributed by atoms with Gasteiger partial charge in [0.2, 0.25) is 0 Å². The lowest BCUT2D eigenvalue weighted by Crippen LogP contribution is -2.16. The van der Waals surface area contributed by atoms with Crippen LogP contribution >= 0.6 is 15.9 Å². The van der Waals surface area contributed by atoms with Crippen molar-refractivity contribution in [2.75, 3.05) is 11.4 Å². The van der Waals surface area contributed by atoms with E-state index < -0.39 is 6.10 Å². The normalized spacial score (nSPS) is 12.2. The van der Waals surface area contributed by atoms with Gasteiger partial charge in [-0.05, 0) is 56.2 Å². The van der Waals surface area contributed by atoms with Crippen LogP contribution in [0.2, 0.25) is 0 Å². The Bertz CT molecular complexity index is 595. The predicted octanol–water partition coefficient (Wildman–Crippen LogP) is 4.97. The fourth-order valence-electron chi connectivity index (χ4n) is 2.33. The molecule has 0 aliphatic rings. The fraction of sp³-hybridized carbons (Fsp3) is 0.294. The molecule has 106 valence electrons. The molecule has 0 radical (unpaired) electrons. The third-order valence-electron chi connectivity index (χ3n) is 3.38. The second-order valence-electron chi connectivity index (χ2n) is 4.97. The van der Waals surface area contributed by atoms with Crippen molar-refractivity contribution < 1.29 is 5.11 Å². The lowest BCUT2D eigenvalue weighted by atomic mass is 10.1. The van der Waals surface area contributed by atoms with Crippen molar-refractivity contribution >= 4 is 27.3 Å². The van der Waals surface area contributed by atoms with Crippen LogP contribution in [0.5, 0.6) is 0 Å². The summed E-state index contributed by atoms with van der Waals surface area (Å²) in [6, 6.07) is 14.6. The van der Waals surface area contributed by atoms with Crippen molar-refractivity contribution in [1.29, 1.82) is 0 Å². The van der Waals surface area contributed by atoms with E-state index in [4.69, 9.17) is 0 Å². The van der Waals surface area contributed by atoms with E-state index in [0.29, 0.717) is 0 Å². The van der Waals surface area contributed by atoms with Gasteiger partial charge in [0.05, 0.1) is 6.10 Å². The van der Waals surface area contributed by atoms with Gasteiger partial charge in [-0.25, -0.2) is 0 Å². The standard InChI is InChI=1S/C17H20BrNO/c1-4-19(14-7-5-6-12(2)10-14)15-8-9-16(13(3)20)17(18)11-15/h5-11,13,20H,4H2,1-3H3. The fourth-order valence-corrected chi connectivity index (χ4v) is 3.03. The van der Waals surface area contributed by atoms with Gasteiger partial charge in [0, 0.05) is 22.4 Å². The molecule has 0 spiro atoms. The van der Waals surface area contributed by atoms with Crippen molar-refractivity contribution in [2.45, 2.75) is 26.9 Å². The monoisotopic (exact) mass is 333 g/mol. The first-order valence-corrected chi connectivity index (χ1v) is 7.64. The molecule has 0 saturated carbocycles. The van der Waals surface area contributed by atoms with Gasteiger partial charge in [-0.2, -0.15) is 0 Å². The summed E-state index contributed by atoms with van der Waals surface area (Å²) in [4.78, 5) is 2.25. The molecule has 1 unspecified atom stereocenters. The Balaban J connectivity index is 2.40. The quantitative estimate of drug-likeness (QED) is 0.853. The summed E-state index contributed by atoms with van der Waals surface area (Å²) in [5.41, 5.74) is 4.47. The molecule has 1 N–H and O–H groups in total. The highest BCUT2D eigenvalue weighted by atomic mass is 79.9. The molecule has 0 aromatic heterocycles. The van der Waals surface area contributed by atoms with Crippen LogP contribution in [0.3, 0.4) is 0 Å². The molecular formula is C17H20BrNO. The van der Waals surface area contributed by atoms with Gasteiger partial charge >= 0.3 is 0 Å². The molecular weight excluding hydrogens is 314 g/mol. The Kier molecular flexibility index (Phi) is 4.84. The van der Waals surface area contributed by atoms with Gasteiger partial charge in [0.15, 0.2) is 0 Å². The predicted molar refractivity (Wildman–Crippen MR) is 88.6 cm³/mol. The number of anilines is 2. The first-order chi connectivity index (χ1) is 9.52. The number of aryl methyl sites for hydroxylation is 1. The minimum atomic E-state index is -0.465. The zero-order chi connectivity index (χ0) is 14.7. The van der Waals surface area contributed by atoms with E-state index in [1.807, 2.05) is 6.07 Å². The number of aliphatic hydroxyl groups excluding tert-OH is 1. The van der Waals surface area contributed by atoms with Gasteiger partial charge < -0.3 is 10.0 Å². The maximum absolute atomic E-state index is 9.70. The van der Waals surface area contributed by atoms with Gasteiger partial charge in [-0.15, -0.1) is 0 Å². The van der Waals surface area contributed by atoms with Crippen LogP contribution in [-0.2, 0) is 0 Å². The topological polar surface area (TPSA) is 23.5 Å². The van der Waals surface area contributed by atoms with Crippen LogP contribution in [0.4, 0.5) is 11.4 Å². The Morgan fingerprint density at radius 2 is 1.85 bits per heavy atom. The summed E-state index contributed by atoms with van der Waals surface area (Å²) < 4.78 is 0.941. The van der Waals surface area contributed by atoms with Crippen molar-refractivity contribution in [3.05, 3.63) is 58.1 Å². The third-order valence-corrected chi connectivity index (χ3v) is 4.06. The first-order valence-electron chi connectivity index (χ1n) is 6.84. The summed E-state index contributed by atoms with van der Waals surface area (Å²) in [5.74, 6) is 0. The van der Waals surface area contributed by atoms with Gasteiger partial charge in [0.25, 0.3) is 0 Å². The highest BCUT2D eigenvalue weighted by Gasteiger charge is 2.11. The Morgan fingerprint density at radius 3 is 2.40 bits per heavy atom.